The third kappa shape index (κ3) is 3.36. The predicted octanol–water partition coefficient (Wildman–Crippen LogP) is 1.61. The molecule has 18 heavy (non-hydrogen) atoms. The molecular formula is C10H13F3N2O2S. The highest BCUT2D eigenvalue weighted by Crippen LogP contribution is 2.30. The van der Waals surface area contributed by atoms with E-state index in [4.69, 9.17) is 0 Å². The molecule has 0 aliphatic rings. The van der Waals surface area contributed by atoms with Crippen molar-refractivity contribution in [1.82, 2.24) is 5.32 Å². The van der Waals surface area contributed by atoms with Crippen LogP contribution in [0.4, 0.5) is 18.9 Å². The van der Waals surface area contributed by atoms with E-state index in [1.807, 2.05) is 0 Å². The first kappa shape index (κ1) is 14.8. The van der Waals surface area contributed by atoms with E-state index >= 15 is 0 Å². The van der Waals surface area contributed by atoms with Gasteiger partial charge in [-0.1, -0.05) is 0 Å². The molecule has 0 saturated heterocycles. The van der Waals surface area contributed by atoms with Crippen molar-refractivity contribution in [1.29, 1.82) is 0 Å². The van der Waals surface area contributed by atoms with Crippen LogP contribution in [-0.4, -0.2) is 34.1 Å². The summed E-state index contributed by atoms with van der Waals surface area (Å²) in [4.78, 5) is -0.755. The second-order valence-corrected chi connectivity index (χ2v) is 5.45. The number of hydrogen-bond donors (Lipinski definition) is 2. The van der Waals surface area contributed by atoms with Gasteiger partial charge in [-0.05, 0) is 31.3 Å². The van der Waals surface area contributed by atoms with Crippen molar-refractivity contribution >= 4 is 15.5 Å². The second kappa shape index (κ2) is 5.57. The summed E-state index contributed by atoms with van der Waals surface area (Å²) in [6.07, 6.45) is 0. The maximum absolute atomic E-state index is 12.3. The summed E-state index contributed by atoms with van der Waals surface area (Å²) in [7, 11) is -3.49. The summed E-state index contributed by atoms with van der Waals surface area (Å²) in [6, 6.07) is 4.47. The Morgan fingerprint density at radius 2 is 1.67 bits per heavy atom. The Bertz CT molecular complexity index is 483. The average molecular weight is 282 g/mol. The van der Waals surface area contributed by atoms with E-state index in [2.05, 4.69) is 10.6 Å². The molecule has 0 bridgehead atoms. The van der Waals surface area contributed by atoms with Crippen molar-refractivity contribution in [2.75, 3.05) is 25.5 Å². The fraction of sp³-hybridized carbons (Fsp3) is 0.400. The molecule has 0 aromatic heterocycles. The minimum Gasteiger partial charge on any atom is -0.384 e. The molecule has 102 valence electrons. The number of nitrogens with one attached hydrogen (secondary N) is 2. The summed E-state index contributed by atoms with van der Waals surface area (Å²) in [6.45, 7) is 1.27. The van der Waals surface area contributed by atoms with Gasteiger partial charge in [0.25, 0.3) is 9.84 Å². The Hall–Kier alpha value is -1.28. The Kier molecular flexibility index (Phi) is 4.58. The summed E-state index contributed by atoms with van der Waals surface area (Å²) < 4.78 is 58.9. The van der Waals surface area contributed by atoms with Crippen LogP contribution in [0.5, 0.6) is 0 Å². The van der Waals surface area contributed by atoms with Crippen LogP contribution < -0.4 is 10.6 Å². The molecular weight excluding hydrogens is 269 g/mol. The fourth-order valence-corrected chi connectivity index (χ4v) is 1.98. The van der Waals surface area contributed by atoms with Crippen LogP contribution >= 0.6 is 0 Å². The van der Waals surface area contributed by atoms with Gasteiger partial charge in [-0.25, -0.2) is 8.42 Å². The van der Waals surface area contributed by atoms with E-state index in [9.17, 15) is 21.6 Å². The molecule has 0 spiro atoms. The van der Waals surface area contributed by atoms with Crippen molar-refractivity contribution in [3.63, 3.8) is 0 Å². The molecule has 1 aromatic carbocycles. The lowest BCUT2D eigenvalue weighted by atomic mass is 10.3. The average Bonchev–Trinajstić information content (AvgIpc) is 2.28. The van der Waals surface area contributed by atoms with Crippen molar-refractivity contribution in [2.45, 2.75) is 10.4 Å². The van der Waals surface area contributed by atoms with E-state index < -0.39 is 20.2 Å². The maximum Gasteiger partial charge on any atom is 0.501 e. The molecule has 0 amide bonds. The first-order valence-electron chi connectivity index (χ1n) is 5.09. The smallest absolute Gasteiger partial charge is 0.384 e. The predicted molar refractivity (Wildman–Crippen MR) is 62.1 cm³/mol. The molecule has 4 nitrogen and oxygen atoms in total. The lowest BCUT2D eigenvalue weighted by Crippen LogP contribution is -2.23. The highest BCUT2D eigenvalue weighted by molar-refractivity contribution is 7.92. The summed E-state index contributed by atoms with van der Waals surface area (Å²) in [5.41, 5.74) is -4.71. The van der Waals surface area contributed by atoms with E-state index in [-0.39, 0.29) is 0 Å². The Morgan fingerprint density at radius 1 is 1.11 bits per heavy atom. The zero-order chi connectivity index (χ0) is 13.8. The highest BCUT2D eigenvalue weighted by Gasteiger charge is 2.46. The van der Waals surface area contributed by atoms with Crippen molar-refractivity contribution in [3.05, 3.63) is 24.3 Å². The van der Waals surface area contributed by atoms with Gasteiger partial charge in [-0.3, -0.25) is 0 Å². The van der Waals surface area contributed by atoms with E-state index in [1.54, 1.807) is 7.05 Å². The van der Waals surface area contributed by atoms with Crippen LogP contribution in [0.15, 0.2) is 29.2 Å². The molecule has 0 heterocycles. The number of hydrogen-bond acceptors (Lipinski definition) is 4. The quantitative estimate of drug-likeness (QED) is 0.806. The molecule has 0 unspecified atom stereocenters. The van der Waals surface area contributed by atoms with Crippen LogP contribution in [0.2, 0.25) is 0 Å². The highest BCUT2D eigenvalue weighted by atomic mass is 32.2. The zero-order valence-corrected chi connectivity index (χ0v) is 10.4. The number of likely N-dealkylation sites (N-methyl/N-ethyl adjacent to an activating group) is 1. The zero-order valence-electron chi connectivity index (χ0n) is 9.58. The van der Waals surface area contributed by atoms with Gasteiger partial charge < -0.3 is 10.6 Å². The van der Waals surface area contributed by atoms with Crippen molar-refractivity contribution in [3.8, 4) is 0 Å². The topological polar surface area (TPSA) is 58.2 Å². The minimum absolute atomic E-state index is 0.561. The number of benzene rings is 1. The second-order valence-electron chi connectivity index (χ2n) is 3.50. The van der Waals surface area contributed by atoms with Crippen molar-refractivity contribution in [2.24, 2.45) is 0 Å². The Labute approximate surface area is 103 Å². The summed E-state index contributed by atoms with van der Waals surface area (Å²) >= 11 is 0. The normalized spacial score (nSPS) is 12.4. The molecule has 0 aliphatic heterocycles. The maximum atomic E-state index is 12.3. The van der Waals surface area contributed by atoms with Crippen LogP contribution in [0, 0.1) is 0 Å². The first-order valence-corrected chi connectivity index (χ1v) is 6.57. The number of alkyl halides is 3. The standard InChI is InChI=1S/C10H13F3N2O2S/c1-14-6-7-15-8-2-4-9(5-3-8)18(16,17)10(11,12)13/h2-5,14-15H,6-7H2,1H3. The van der Waals surface area contributed by atoms with Gasteiger partial charge in [0.1, 0.15) is 0 Å². The fourth-order valence-electron chi connectivity index (χ4n) is 1.22. The Balaban J connectivity index is 2.84. The molecule has 2 N–H and O–H groups in total. The van der Waals surface area contributed by atoms with Crippen LogP contribution in [0.1, 0.15) is 0 Å². The third-order valence-electron chi connectivity index (χ3n) is 2.17. The third-order valence-corrected chi connectivity index (χ3v) is 3.68. The first-order chi connectivity index (χ1) is 8.29. The van der Waals surface area contributed by atoms with Gasteiger partial charge in [0.2, 0.25) is 0 Å². The van der Waals surface area contributed by atoms with Gasteiger partial charge in [-0.15, -0.1) is 0 Å². The van der Waals surface area contributed by atoms with E-state index in [0.717, 1.165) is 12.1 Å². The minimum atomic E-state index is -5.27. The monoisotopic (exact) mass is 282 g/mol. The number of rotatable bonds is 5. The molecule has 0 atom stereocenters. The van der Waals surface area contributed by atoms with Gasteiger partial charge in [-0.2, -0.15) is 13.2 Å². The molecule has 0 aliphatic carbocycles. The van der Waals surface area contributed by atoms with Crippen LogP contribution in [0.3, 0.4) is 0 Å². The molecule has 0 fully saturated rings. The molecule has 8 heteroatoms. The number of halogens is 3. The SMILES string of the molecule is CNCCNc1ccc(S(=O)(=O)C(F)(F)F)cc1. The molecule has 0 radical (unpaired) electrons. The van der Waals surface area contributed by atoms with Crippen molar-refractivity contribution < 1.29 is 21.6 Å². The van der Waals surface area contributed by atoms with Gasteiger partial charge in [0.15, 0.2) is 0 Å². The van der Waals surface area contributed by atoms with Gasteiger partial charge in [0, 0.05) is 18.8 Å². The number of sulfone groups is 1. The van der Waals surface area contributed by atoms with E-state index in [0.29, 0.717) is 18.8 Å². The van der Waals surface area contributed by atoms with Crippen LogP contribution in [0.25, 0.3) is 0 Å². The largest absolute Gasteiger partial charge is 0.501 e. The lowest BCUT2D eigenvalue weighted by Gasteiger charge is -2.09. The Morgan fingerprint density at radius 3 is 2.11 bits per heavy atom. The van der Waals surface area contributed by atoms with Crippen LogP contribution in [-0.2, 0) is 9.84 Å². The summed E-state index contributed by atoms with van der Waals surface area (Å²) in [5.74, 6) is 0. The molecule has 1 aromatic rings. The van der Waals surface area contributed by atoms with E-state index in [1.165, 1.54) is 12.1 Å². The summed E-state index contributed by atoms with van der Waals surface area (Å²) in [5, 5.41) is 5.81. The molecule has 1 rings (SSSR count). The molecule has 0 saturated carbocycles. The van der Waals surface area contributed by atoms with Gasteiger partial charge in [0.05, 0.1) is 4.90 Å². The number of anilines is 1. The van der Waals surface area contributed by atoms with Gasteiger partial charge >= 0.3 is 5.51 Å². The lowest BCUT2D eigenvalue weighted by molar-refractivity contribution is -0.0436.